The second kappa shape index (κ2) is 8.52. The van der Waals surface area contributed by atoms with Crippen molar-refractivity contribution in [3.05, 3.63) is 35.4 Å². The summed E-state index contributed by atoms with van der Waals surface area (Å²) < 4.78 is 6.00. The summed E-state index contributed by atoms with van der Waals surface area (Å²) in [7, 11) is 0. The molecule has 2 unspecified atom stereocenters. The number of carbonyl (C=O) groups excluding carboxylic acids is 1. The van der Waals surface area contributed by atoms with E-state index in [0.717, 1.165) is 24.0 Å². The molecule has 0 N–H and O–H groups in total. The lowest BCUT2D eigenvalue weighted by Gasteiger charge is -2.34. The van der Waals surface area contributed by atoms with Crippen molar-refractivity contribution in [2.45, 2.75) is 84.7 Å². The van der Waals surface area contributed by atoms with Gasteiger partial charge in [0, 0.05) is 5.41 Å². The molecule has 0 amide bonds. The van der Waals surface area contributed by atoms with Gasteiger partial charge in [0.2, 0.25) is 0 Å². The van der Waals surface area contributed by atoms with Crippen LogP contribution >= 0.6 is 0 Å². The first kappa shape index (κ1) is 18.0. The molecule has 0 aromatic heterocycles. The van der Waals surface area contributed by atoms with Crippen molar-refractivity contribution in [1.82, 2.24) is 0 Å². The van der Waals surface area contributed by atoms with Gasteiger partial charge in [-0.2, -0.15) is 0 Å². The number of hydrogen-bond acceptors (Lipinski definition) is 2. The molecule has 1 fully saturated rings. The summed E-state index contributed by atoms with van der Waals surface area (Å²) in [6.45, 7) is 6.49. The van der Waals surface area contributed by atoms with Gasteiger partial charge in [-0.05, 0) is 50.7 Å². The van der Waals surface area contributed by atoms with Crippen LogP contribution in [0.2, 0.25) is 0 Å². The van der Waals surface area contributed by atoms with Crippen LogP contribution in [0.4, 0.5) is 0 Å². The Hall–Kier alpha value is -1.31. The average Bonchev–Trinajstić information content (AvgIpc) is 2.95. The smallest absolute Gasteiger partial charge is 0.338 e. The fraction of sp³-hybridized carbons (Fsp3) is 0.667. The SMILES string of the molecule is CCCCCCC1(CC)CCCC1OC(=O)c1ccccc1C. The molecule has 1 aliphatic rings. The van der Waals surface area contributed by atoms with Crippen LogP contribution in [0, 0.1) is 12.3 Å². The summed E-state index contributed by atoms with van der Waals surface area (Å²) in [5.41, 5.74) is 1.93. The van der Waals surface area contributed by atoms with Crippen molar-refractivity contribution < 1.29 is 9.53 Å². The topological polar surface area (TPSA) is 26.3 Å². The first-order valence-electron chi connectivity index (χ1n) is 9.39. The highest BCUT2D eigenvalue weighted by Crippen LogP contribution is 2.47. The summed E-state index contributed by atoms with van der Waals surface area (Å²) in [5, 5.41) is 0. The van der Waals surface area contributed by atoms with Crippen molar-refractivity contribution in [1.29, 1.82) is 0 Å². The van der Waals surface area contributed by atoms with Crippen molar-refractivity contribution >= 4 is 5.97 Å². The van der Waals surface area contributed by atoms with E-state index in [0.29, 0.717) is 0 Å². The third kappa shape index (κ3) is 4.37. The zero-order valence-electron chi connectivity index (χ0n) is 15.1. The molecule has 2 rings (SSSR count). The molecule has 2 nitrogen and oxygen atoms in total. The zero-order chi connectivity index (χ0) is 16.7. The standard InChI is InChI=1S/C21H32O2/c1-4-6-7-10-15-21(5-2)16-11-14-19(21)23-20(22)18-13-9-8-12-17(18)3/h8-9,12-13,19H,4-7,10-11,14-16H2,1-3H3. The second-order valence-corrected chi connectivity index (χ2v) is 7.13. The van der Waals surface area contributed by atoms with E-state index >= 15 is 0 Å². The van der Waals surface area contributed by atoms with Crippen molar-refractivity contribution in [3.63, 3.8) is 0 Å². The third-order valence-electron chi connectivity index (χ3n) is 5.67. The number of aryl methyl sites for hydroxylation is 1. The summed E-state index contributed by atoms with van der Waals surface area (Å²) in [4.78, 5) is 12.6. The molecule has 0 bridgehead atoms. The van der Waals surface area contributed by atoms with Gasteiger partial charge >= 0.3 is 5.97 Å². The van der Waals surface area contributed by atoms with Gasteiger partial charge < -0.3 is 4.74 Å². The van der Waals surface area contributed by atoms with E-state index in [1.807, 2.05) is 31.2 Å². The predicted molar refractivity (Wildman–Crippen MR) is 95.7 cm³/mol. The number of unbranched alkanes of at least 4 members (excludes halogenated alkanes) is 3. The van der Waals surface area contributed by atoms with E-state index < -0.39 is 0 Å². The maximum Gasteiger partial charge on any atom is 0.338 e. The monoisotopic (exact) mass is 316 g/mol. The van der Waals surface area contributed by atoms with Crippen LogP contribution in [-0.2, 0) is 4.74 Å². The van der Waals surface area contributed by atoms with E-state index in [2.05, 4.69) is 13.8 Å². The minimum atomic E-state index is -0.138. The lowest BCUT2D eigenvalue weighted by Crippen LogP contribution is -2.33. The molecule has 1 saturated carbocycles. The Morgan fingerprint density at radius 2 is 2.00 bits per heavy atom. The molecule has 2 heteroatoms. The lowest BCUT2D eigenvalue weighted by molar-refractivity contribution is -0.0108. The first-order chi connectivity index (χ1) is 11.1. The van der Waals surface area contributed by atoms with Crippen molar-refractivity contribution in [2.24, 2.45) is 5.41 Å². The van der Waals surface area contributed by atoms with Gasteiger partial charge in [-0.15, -0.1) is 0 Å². The average molecular weight is 316 g/mol. The van der Waals surface area contributed by atoms with E-state index in [1.54, 1.807) is 0 Å². The second-order valence-electron chi connectivity index (χ2n) is 7.13. The highest BCUT2D eigenvalue weighted by molar-refractivity contribution is 5.91. The number of rotatable bonds is 8. The fourth-order valence-electron chi connectivity index (χ4n) is 4.06. The Kier molecular flexibility index (Phi) is 6.68. The minimum Gasteiger partial charge on any atom is -0.458 e. The van der Waals surface area contributed by atoms with Gasteiger partial charge in [0.15, 0.2) is 0 Å². The molecule has 0 heterocycles. The number of carbonyl (C=O) groups is 1. The summed E-state index contributed by atoms with van der Waals surface area (Å²) >= 11 is 0. The molecule has 0 spiro atoms. The van der Waals surface area contributed by atoms with Crippen molar-refractivity contribution in [3.8, 4) is 0 Å². The van der Waals surface area contributed by atoms with E-state index in [-0.39, 0.29) is 17.5 Å². The Labute approximate surface area is 141 Å². The van der Waals surface area contributed by atoms with Crippen LogP contribution in [0.25, 0.3) is 0 Å². The van der Waals surface area contributed by atoms with Crippen LogP contribution in [0.3, 0.4) is 0 Å². The molecular formula is C21H32O2. The fourth-order valence-corrected chi connectivity index (χ4v) is 4.06. The van der Waals surface area contributed by atoms with E-state index in [4.69, 9.17) is 4.74 Å². The van der Waals surface area contributed by atoms with Crippen LogP contribution in [0.5, 0.6) is 0 Å². The number of benzene rings is 1. The Morgan fingerprint density at radius 1 is 1.22 bits per heavy atom. The highest BCUT2D eigenvalue weighted by atomic mass is 16.5. The zero-order valence-corrected chi connectivity index (χ0v) is 15.1. The lowest BCUT2D eigenvalue weighted by atomic mass is 9.76. The number of esters is 1. The van der Waals surface area contributed by atoms with E-state index in [1.165, 1.54) is 44.9 Å². The number of ether oxygens (including phenoxy) is 1. The Morgan fingerprint density at radius 3 is 2.70 bits per heavy atom. The van der Waals surface area contributed by atoms with Crippen LogP contribution in [0.1, 0.15) is 87.6 Å². The molecule has 128 valence electrons. The molecular weight excluding hydrogens is 284 g/mol. The van der Waals surface area contributed by atoms with Gasteiger partial charge in [-0.1, -0.05) is 57.7 Å². The Balaban J connectivity index is 2.02. The van der Waals surface area contributed by atoms with Gasteiger partial charge in [-0.25, -0.2) is 4.79 Å². The highest BCUT2D eigenvalue weighted by Gasteiger charge is 2.43. The number of hydrogen-bond donors (Lipinski definition) is 0. The van der Waals surface area contributed by atoms with Gasteiger partial charge in [0.25, 0.3) is 0 Å². The molecule has 1 aromatic rings. The molecule has 0 saturated heterocycles. The summed E-state index contributed by atoms with van der Waals surface area (Å²) in [6, 6.07) is 7.73. The molecule has 1 aliphatic carbocycles. The molecule has 23 heavy (non-hydrogen) atoms. The quantitative estimate of drug-likeness (QED) is 0.429. The van der Waals surface area contributed by atoms with Crippen molar-refractivity contribution in [2.75, 3.05) is 0 Å². The predicted octanol–water partition coefficient (Wildman–Crippen LogP) is 6.07. The summed E-state index contributed by atoms with van der Waals surface area (Å²) in [6.07, 6.45) is 11.0. The largest absolute Gasteiger partial charge is 0.458 e. The van der Waals surface area contributed by atoms with Gasteiger partial charge in [-0.3, -0.25) is 0 Å². The van der Waals surface area contributed by atoms with Crippen LogP contribution < -0.4 is 0 Å². The van der Waals surface area contributed by atoms with Gasteiger partial charge in [0.1, 0.15) is 6.10 Å². The van der Waals surface area contributed by atoms with E-state index in [9.17, 15) is 4.79 Å². The first-order valence-corrected chi connectivity index (χ1v) is 9.39. The van der Waals surface area contributed by atoms with Gasteiger partial charge in [0.05, 0.1) is 5.56 Å². The minimum absolute atomic E-state index is 0.0984. The summed E-state index contributed by atoms with van der Waals surface area (Å²) in [5.74, 6) is -0.138. The molecule has 0 radical (unpaired) electrons. The molecule has 2 atom stereocenters. The maximum absolute atomic E-state index is 12.6. The maximum atomic E-state index is 12.6. The Bertz CT molecular complexity index is 508. The molecule has 1 aromatic carbocycles. The molecule has 0 aliphatic heterocycles. The normalized spacial score (nSPS) is 23.9. The van der Waals surface area contributed by atoms with Crippen LogP contribution in [-0.4, -0.2) is 12.1 Å². The van der Waals surface area contributed by atoms with Crippen LogP contribution in [0.15, 0.2) is 24.3 Å². The third-order valence-corrected chi connectivity index (χ3v) is 5.67.